The van der Waals surface area contributed by atoms with Crippen LogP contribution in [0.1, 0.15) is 5.69 Å². The summed E-state index contributed by atoms with van der Waals surface area (Å²) >= 11 is 3.34. The quantitative estimate of drug-likeness (QED) is 0.850. The Morgan fingerprint density at radius 3 is 2.43 bits per heavy atom. The summed E-state index contributed by atoms with van der Waals surface area (Å²) in [7, 11) is 0. The molecule has 72 valence electrons. The second-order valence-electron chi connectivity index (χ2n) is 2.98. The highest BCUT2D eigenvalue weighted by atomic mass is 79.9. The van der Waals surface area contributed by atoms with Crippen LogP contribution in [0.5, 0.6) is 0 Å². The van der Waals surface area contributed by atoms with E-state index >= 15 is 0 Å². The largest absolute Gasteiger partial charge is 0.417 e. The van der Waals surface area contributed by atoms with E-state index in [-0.39, 0.29) is 0 Å². The Kier molecular flexibility index (Phi) is 2.29. The first-order valence-corrected chi connectivity index (χ1v) is 4.92. The van der Waals surface area contributed by atoms with Crippen molar-refractivity contribution in [1.29, 1.82) is 0 Å². The average molecular weight is 254 g/mol. The third-order valence-corrected chi connectivity index (χ3v) is 2.46. The van der Waals surface area contributed by atoms with E-state index in [0.717, 1.165) is 15.7 Å². The predicted molar refractivity (Wildman–Crippen MR) is 57.2 cm³/mol. The van der Waals surface area contributed by atoms with E-state index in [1.54, 1.807) is 0 Å². The molecule has 0 saturated carbocycles. The summed E-state index contributed by atoms with van der Waals surface area (Å²) in [4.78, 5) is 13.5. The van der Waals surface area contributed by atoms with Crippen LogP contribution in [0.2, 0.25) is 0 Å². The molecule has 0 bridgehead atoms. The molecule has 0 unspecified atom stereocenters. The zero-order valence-electron chi connectivity index (χ0n) is 7.50. The van der Waals surface area contributed by atoms with E-state index in [1.165, 1.54) is 0 Å². The van der Waals surface area contributed by atoms with Gasteiger partial charge in [-0.25, -0.2) is 4.79 Å². The first-order valence-electron chi connectivity index (χ1n) is 4.12. The van der Waals surface area contributed by atoms with Gasteiger partial charge in [-0.15, -0.1) is 0 Å². The van der Waals surface area contributed by atoms with E-state index in [1.807, 2.05) is 31.2 Å². The lowest BCUT2D eigenvalue weighted by molar-refractivity contribution is 0.528. The maximum Gasteiger partial charge on any atom is 0.417 e. The lowest BCUT2D eigenvalue weighted by atomic mass is 10.1. The summed E-state index contributed by atoms with van der Waals surface area (Å²) in [6.07, 6.45) is 0. The third kappa shape index (κ3) is 1.65. The lowest BCUT2D eigenvalue weighted by Gasteiger charge is -1.97. The number of halogens is 1. The van der Waals surface area contributed by atoms with Gasteiger partial charge in [-0.3, -0.25) is 4.98 Å². The second-order valence-corrected chi connectivity index (χ2v) is 3.89. The van der Waals surface area contributed by atoms with Gasteiger partial charge in [0.25, 0.3) is 0 Å². The summed E-state index contributed by atoms with van der Waals surface area (Å²) in [5.41, 5.74) is 1.64. The molecule has 0 aliphatic rings. The minimum absolute atomic E-state index is 0.416. The minimum atomic E-state index is -0.416. The fraction of sp³-hybridized carbons (Fsp3) is 0.100. The van der Waals surface area contributed by atoms with Crippen molar-refractivity contribution in [2.75, 3.05) is 0 Å². The van der Waals surface area contributed by atoms with E-state index < -0.39 is 5.76 Å². The maximum absolute atomic E-state index is 10.9. The highest BCUT2D eigenvalue weighted by Crippen LogP contribution is 2.22. The van der Waals surface area contributed by atoms with Crippen molar-refractivity contribution in [3.8, 4) is 11.3 Å². The molecule has 2 aromatic rings. The van der Waals surface area contributed by atoms with E-state index in [4.69, 9.17) is 4.42 Å². The molecule has 0 atom stereocenters. The van der Waals surface area contributed by atoms with Crippen LogP contribution in [0.3, 0.4) is 0 Å². The van der Waals surface area contributed by atoms with Crippen molar-refractivity contribution in [2.45, 2.75) is 6.92 Å². The highest BCUT2D eigenvalue weighted by Gasteiger charge is 2.07. The molecule has 3 nitrogen and oxygen atoms in total. The van der Waals surface area contributed by atoms with E-state index in [9.17, 15) is 4.79 Å². The van der Waals surface area contributed by atoms with Gasteiger partial charge >= 0.3 is 5.76 Å². The van der Waals surface area contributed by atoms with Crippen molar-refractivity contribution < 1.29 is 4.42 Å². The molecular weight excluding hydrogens is 246 g/mol. The summed E-state index contributed by atoms with van der Waals surface area (Å²) in [5, 5.41) is 0. The molecule has 4 heteroatoms. The van der Waals surface area contributed by atoms with Crippen LogP contribution in [0.4, 0.5) is 0 Å². The van der Waals surface area contributed by atoms with Crippen LogP contribution in [0.25, 0.3) is 11.3 Å². The highest BCUT2D eigenvalue weighted by molar-refractivity contribution is 9.10. The predicted octanol–water partition coefficient (Wildman–Crippen LogP) is 2.71. The Bertz CT molecular complexity index is 496. The van der Waals surface area contributed by atoms with Crippen LogP contribution in [-0.2, 0) is 0 Å². The Morgan fingerprint density at radius 1 is 1.29 bits per heavy atom. The molecule has 1 heterocycles. The van der Waals surface area contributed by atoms with Gasteiger partial charge < -0.3 is 4.42 Å². The Hall–Kier alpha value is -1.29. The molecule has 0 aliphatic heterocycles. The van der Waals surface area contributed by atoms with Crippen molar-refractivity contribution in [1.82, 2.24) is 4.98 Å². The summed E-state index contributed by atoms with van der Waals surface area (Å²) in [6, 6.07) is 7.59. The number of aromatic amines is 1. The number of benzene rings is 1. The molecule has 1 N–H and O–H groups in total. The number of hydrogen-bond acceptors (Lipinski definition) is 2. The molecule has 14 heavy (non-hydrogen) atoms. The van der Waals surface area contributed by atoms with Crippen LogP contribution < -0.4 is 5.76 Å². The molecule has 0 aliphatic carbocycles. The lowest BCUT2D eigenvalue weighted by Crippen LogP contribution is -1.94. The van der Waals surface area contributed by atoms with Crippen LogP contribution in [0, 0.1) is 6.92 Å². The summed E-state index contributed by atoms with van der Waals surface area (Å²) in [5.74, 6) is 0.183. The topological polar surface area (TPSA) is 46.0 Å². The number of oxazole rings is 1. The molecule has 1 aromatic carbocycles. The molecule has 0 fully saturated rings. The van der Waals surface area contributed by atoms with Gasteiger partial charge in [-0.2, -0.15) is 0 Å². The summed E-state index contributed by atoms with van der Waals surface area (Å²) < 4.78 is 6.01. The smallest absolute Gasteiger partial charge is 0.408 e. The number of H-pyrrole nitrogens is 1. The Balaban J connectivity index is 2.54. The average Bonchev–Trinajstić information content (AvgIpc) is 2.47. The number of aromatic nitrogens is 1. The molecular formula is C10H8BrNO2. The van der Waals surface area contributed by atoms with Gasteiger partial charge in [0.1, 0.15) is 0 Å². The fourth-order valence-corrected chi connectivity index (χ4v) is 1.55. The number of hydrogen-bond donors (Lipinski definition) is 1. The van der Waals surface area contributed by atoms with Gasteiger partial charge in [-0.1, -0.05) is 28.1 Å². The van der Waals surface area contributed by atoms with Crippen molar-refractivity contribution in [3.63, 3.8) is 0 Å². The molecule has 1 aromatic heterocycles. The molecule has 0 radical (unpaired) electrons. The molecule has 2 rings (SSSR count). The normalized spacial score (nSPS) is 10.4. The van der Waals surface area contributed by atoms with E-state index in [0.29, 0.717) is 5.76 Å². The second kappa shape index (κ2) is 3.46. The zero-order valence-corrected chi connectivity index (χ0v) is 9.09. The first kappa shape index (κ1) is 9.27. The molecule has 0 spiro atoms. The van der Waals surface area contributed by atoms with Crippen LogP contribution >= 0.6 is 15.9 Å². The number of nitrogens with one attached hydrogen (secondary N) is 1. The maximum atomic E-state index is 10.9. The van der Waals surface area contributed by atoms with Gasteiger partial charge in [0, 0.05) is 10.0 Å². The SMILES string of the molecule is Cc1[nH]c(=O)oc1-c1ccc(Br)cc1. The Labute approximate surface area is 88.9 Å². The number of rotatable bonds is 1. The summed E-state index contributed by atoms with van der Waals surface area (Å²) in [6.45, 7) is 1.81. The van der Waals surface area contributed by atoms with Gasteiger partial charge in [-0.05, 0) is 19.1 Å². The first-order chi connectivity index (χ1) is 6.66. The third-order valence-electron chi connectivity index (χ3n) is 1.93. The molecule has 0 amide bonds. The number of aryl methyl sites for hydroxylation is 1. The van der Waals surface area contributed by atoms with Crippen LogP contribution in [-0.4, -0.2) is 4.98 Å². The standard InChI is InChI=1S/C10H8BrNO2/c1-6-9(14-10(13)12-6)7-2-4-8(11)5-3-7/h2-5H,1H3,(H,12,13). The minimum Gasteiger partial charge on any atom is -0.408 e. The van der Waals surface area contributed by atoms with Gasteiger partial charge in [0.05, 0.1) is 5.69 Å². The van der Waals surface area contributed by atoms with E-state index in [2.05, 4.69) is 20.9 Å². The zero-order chi connectivity index (χ0) is 10.1. The van der Waals surface area contributed by atoms with Crippen LogP contribution in [0.15, 0.2) is 37.9 Å². The van der Waals surface area contributed by atoms with Crippen molar-refractivity contribution in [2.24, 2.45) is 0 Å². The molecule has 0 saturated heterocycles. The van der Waals surface area contributed by atoms with Crippen molar-refractivity contribution >= 4 is 15.9 Å². The van der Waals surface area contributed by atoms with Crippen molar-refractivity contribution in [3.05, 3.63) is 45.0 Å². The monoisotopic (exact) mass is 253 g/mol. The van der Waals surface area contributed by atoms with Gasteiger partial charge in [0.15, 0.2) is 5.76 Å². The van der Waals surface area contributed by atoms with Gasteiger partial charge in [0.2, 0.25) is 0 Å². The Morgan fingerprint density at radius 2 is 1.93 bits per heavy atom. The fourth-order valence-electron chi connectivity index (χ4n) is 1.28.